The Balaban J connectivity index is 0. The van der Waals surface area contributed by atoms with Crippen LogP contribution in [0.25, 0.3) is 0 Å². The molecular formula is C5H16N2O3. The molecular weight excluding hydrogens is 136 g/mol. The van der Waals surface area contributed by atoms with Gasteiger partial charge >= 0.3 is 0 Å². The van der Waals surface area contributed by atoms with Gasteiger partial charge in [0, 0.05) is 0 Å². The Morgan fingerprint density at radius 3 is 1.80 bits per heavy atom. The van der Waals surface area contributed by atoms with Gasteiger partial charge in [-0.2, -0.15) is 0 Å². The van der Waals surface area contributed by atoms with Crippen LogP contribution in [0, 0.1) is 0 Å². The highest BCUT2D eigenvalue weighted by molar-refractivity contribution is 4.24. The van der Waals surface area contributed by atoms with E-state index in [9.17, 15) is 0 Å². The number of rotatable bonds is 4. The molecule has 0 bridgehead atoms. The summed E-state index contributed by atoms with van der Waals surface area (Å²) in [7, 11) is 1.65. The average Bonchev–Trinajstić information content (AvgIpc) is 1.91. The van der Waals surface area contributed by atoms with Crippen LogP contribution in [0.1, 0.15) is 0 Å². The molecule has 0 fully saturated rings. The Labute approximate surface area is 60.8 Å². The molecule has 64 valence electrons. The van der Waals surface area contributed by atoms with Crippen molar-refractivity contribution in [1.82, 2.24) is 5.43 Å². The maximum atomic E-state index is 8.09. The highest BCUT2D eigenvalue weighted by Gasteiger charge is 1.79. The second-order valence-electron chi connectivity index (χ2n) is 1.35. The number of hydrogen-bond donors (Lipinski definition) is 4. The Hall–Kier alpha value is -0.200. The number of nitrogens with two attached hydrogens (primary N) is 1. The summed E-state index contributed by atoms with van der Waals surface area (Å²) in [4.78, 5) is 0. The first-order valence-electron chi connectivity index (χ1n) is 3.00. The predicted octanol–water partition coefficient (Wildman–Crippen LogP) is -1.93. The molecule has 0 spiro atoms. The molecule has 5 heteroatoms. The summed E-state index contributed by atoms with van der Waals surface area (Å²) in [5, 5.41) is 16.2. The third-order valence-corrected chi connectivity index (χ3v) is 0.471. The van der Waals surface area contributed by atoms with Crippen LogP contribution in [0.5, 0.6) is 0 Å². The summed E-state index contributed by atoms with van der Waals surface area (Å²) in [5.41, 5.74) is 2.25. The van der Waals surface area contributed by atoms with Gasteiger partial charge in [0.05, 0.1) is 26.4 Å². The molecule has 0 aromatic carbocycles. The van der Waals surface area contributed by atoms with E-state index < -0.39 is 0 Å². The second kappa shape index (κ2) is 15.9. The highest BCUT2D eigenvalue weighted by atomic mass is 16.5. The van der Waals surface area contributed by atoms with Gasteiger partial charge in [0.2, 0.25) is 0 Å². The largest absolute Gasteiger partial charge is 0.394 e. The first-order chi connectivity index (χ1) is 4.83. The molecule has 0 unspecified atom stereocenters. The molecule has 5 N–H and O–H groups in total. The van der Waals surface area contributed by atoms with Gasteiger partial charge in [-0.25, -0.2) is 0 Å². The number of ether oxygens (including phenoxy) is 1. The minimum absolute atomic E-state index is 0.0278. The maximum absolute atomic E-state index is 8.09. The molecule has 0 radical (unpaired) electrons. The Kier molecular flexibility index (Phi) is 19.9. The van der Waals surface area contributed by atoms with Crippen molar-refractivity contribution in [2.45, 2.75) is 0 Å². The van der Waals surface area contributed by atoms with Crippen molar-refractivity contribution >= 4 is 0 Å². The summed E-state index contributed by atoms with van der Waals surface area (Å²) < 4.78 is 4.63. The molecule has 0 saturated carbocycles. The van der Waals surface area contributed by atoms with Crippen LogP contribution in [0.4, 0.5) is 0 Å². The highest BCUT2D eigenvalue weighted by Crippen LogP contribution is 1.68. The van der Waals surface area contributed by atoms with E-state index in [1.54, 1.807) is 7.05 Å². The Morgan fingerprint density at radius 2 is 1.60 bits per heavy atom. The van der Waals surface area contributed by atoms with Gasteiger partial charge in [-0.3, -0.25) is 11.3 Å². The van der Waals surface area contributed by atoms with Gasteiger partial charge in [-0.05, 0) is 7.05 Å². The van der Waals surface area contributed by atoms with Crippen molar-refractivity contribution in [3.63, 3.8) is 0 Å². The number of nitrogens with one attached hydrogen (secondary N) is 1. The Morgan fingerprint density at radius 1 is 1.30 bits per heavy atom. The molecule has 0 heterocycles. The molecule has 0 aliphatic carbocycles. The van der Waals surface area contributed by atoms with E-state index in [-0.39, 0.29) is 13.2 Å². The fourth-order valence-electron chi connectivity index (χ4n) is 0.231. The van der Waals surface area contributed by atoms with Crippen molar-refractivity contribution < 1.29 is 14.9 Å². The molecule has 5 nitrogen and oxygen atoms in total. The third-order valence-electron chi connectivity index (χ3n) is 0.471. The summed E-state index contributed by atoms with van der Waals surface area (Å²) in [6, 6.07) is 0. The van der Waals surface area contributed by atoms with Crippen LogP contribution in [-0.2, 0) is 4.74 Å². The minimum Gasteiger partial charge on any atom is -0.394 e. The van der Waals surface area contributed by atoms with Crippen LogP contribution in [0.2, 0.25) is 0 Å². The maximum Gasteiger partial charge on any atom is 0.0698 e. The zero-order chi connectivity index (χ0) is 8.24. The van der Waals surface area contributed by atoms with Gasteiger partial charge in [0.15, 0.2) is 0 Å². The lowest BCUT2D eigenvalue weighted by atomic mass is 10.7. The minimum atomic E-state index is 0.0278. The first kappa shape index (κ1) is 12.5. The van der Waals surface area contributed by atoms with E-state index in [0.29, 0.717) is 13.2 Å². The van der Waals surface area contributed by atoms with Crippen molar-refractivity contribution in [1.29, 1.82) is 0 Å². The zero-order valence-electron chi connectivity index (χ0n) is 6.21. The Bertz CT molecular complexity index is 41.9. The van der Waals surface area contributed by atoms with E-state index in [2.05, 4.69) is 16.0 Å². The summed E-state index contributed by atoms with van der Waals surface area (Å²) >= 11 is 0. The topological polar surface area (TPSA) is 87.7 Å². The lowest BCUT2D eigenvalue weighted by Crippen LogP contribution is -2.13. The van der Waals surface area contributed by atoms with Crippen molar-refractivity contribution in [2.75, 3.05) is 33.5 Å². The van der Waals surface area contributed by atoms with Crippen LogP contribution in [0.15, 0.2) is 0 Å². The lowest BCUT2D eigenvalue weighted by molar-refractivity contribution is 0.0650. The molecule has 0 atom stereocenters. The monoisotopic (exact) mass is 152 g/mol. The van der Waals surface area contributed by atoms with Gasteiger partial charge in [-0.1, -0.05) is 0 Å². The lowest BCUT2D eigenvalue weighted by Gasteiger charge is -1.94. The summed E-state index contributed by atoms with van der Waals surface area (Å²) in [6.07, 6.45) is 0. The van der Waals surface area contributed by atoms with E-state index in [1.165, 1.54) is 0 Å². The molecule has 0 aliphatic heterocycles. The molecule has 0 rings (SSSR count). The van der Waals surface area contributed by atoms with Crippen LogP contribution in [0.3, 0.4) is 0 Å². The SMILES string of the molecule is CNN.OCCOCCO. The molecule has 0 amide bonds. The summed E-state index contributed by atoms with van der Waals surface area (Å²) in [5.74, 6) is 4.60. The van der Waals surface area contributed by atoms with Crippen molar-refractivity contribution in [3.05, 3.63) is 0 Å². The summed E-state index contributed by atoms with van der Waals surface area (Å²) in [6.45, 7) is 0.696. The third kappa shape index (κ3) is 25.0. The van der Waals surface area contributed by atoms with Crippen LogP contribution in [-0.4, -0.2) is 43.7 Å². The molecule has 0 saturated heterocycles. The van der Waals surface area contributed by atoms with Gasteiger partial charge < -0.3 is 14.9 Å². The first-order valence-corrected chi connectivity index (χ1v) is 3.00. The molecule has 0 aliphatic rings. The van der Waals surface area contributed by atoms with Crippen LogP contribution >= 0.6 is 0 Å². The van der Waals surface area contributed by atoms with Crippen LogP contribution < -0.4 is 11.3 Å². The molecule has 10 heavy (non-hydrogen) atoms. The molecule has 0 aromatic heterocycles. The number of hydrazine groups is 1. The van der Waals surface area contributed by atoms with Gasteiger partial charge in [0.25, 0.3) is 0 Å². The number of aliphatic hydroxyl groups is 2. The quantitative estimate of drug-likeness (QED) is 0.214. The standard InChI is InChI=1S/C4H10O3.CH6N2/c5-1-3-7-4-2-6;1-3-2/h5-6H,1-4H2;3H,2H2,1H3. The second-order valence-corrected chi connectivity index (χ2v) is 1.35. The normalized spacial score (nSPS) is 8.40. The van der Waals surface area contributed by atoms with E-state index in [4.69, 9.17) is 10.2 Å². The van der Waals surface area contributed by atoms with Crippen molar-refractivity contribution in [3.8, 4) is 0 Å². The van der Waals surface area contributed by atoms with Crippen molar-refractivity contribution in [2.24, 2.45) is 5.84 Å². The van der Waals surface area contributed by atoms with Gasteiger partial charge in [0.1, 0.15) is 0 Å². The molecule has 0 aromatic rings. The van der Waals surface area contributed by atoms with Gasteiger partial charge in [-0.15, -0.1) is 0 Å². The zero-order valence-corrected chi connectivity index (χ0v) is 6.21. The van der Waals surface area contributed by atoms with E-state index >= 15 is 0 Å². The average molecular weight is 152 g/mol. The van der Waals surface area contributed by atoms with E-state index in [0.717, 1.165) is 0 Å². The van der Waals surface area contributed by atoms with E-state index in [1.807, 2.05) is 0 Å². The smallest absolute Gasteiger partial charge is 0.0698 e. The number of aliphatic hydroxyl groups excluding tert-OH is 2. The number of hydrogen-bond acceptors (Lipinski definition) is 5. The predicted molar refractivity (Wildman–Crippen MR) is 38.2 cm³/mol. The fraction of sp³-hybridized carbons (Fsp3) is 1.00. The fourth-order valence-corrected chi connectivity index (χ4v) is 0.231.